The topological polar surface area (TPSA) is 65.4 Å². The van der Waals surface area contributed by atoms with Crippen molar-refractivity contribution in [1.29, 1.82) is 0 Å². The van der Waals surface area contributed by atoms with Gasteiger partial charge in [0, 0.05) is 10.8 Å². The van der Waals surface area contributed by atoms with Gasteiger partial charge in [-0.1, -0.05) is 39.8 Å². The summed E-state index contributed by atoms with van der Waals surface area (Å²) in [6.45, 7) is 7.70. The predicted molar refractivity (Wildman–Crippen MR) is 139 cm³/mol. The molecular weight excluding hydrogens is 457 g/mol. The number of benzene rings is 3. The molecule has 4 rings (SSSR count). The summed E-state index contributed by atoms with van der Waals surface area (Å²) in [5.74, 6) is 1.03. The molecule has 1 heterocycles. The van der Waals surface area contributed by atoms with Gasteiger partial charge in [0.05, 0.1) is 30.6 Å². The van der Waals surface area contributed by atoms with Crippen LogP contribution < -0.4 is 14.8 Å². The molecule has 0 aliphatic rings. The Morgan fingerprint density at radius 2 is 1.81 bits per heavy atom. The van der Waals surface area contributed by atoms with E-state index in [1.165, 1.54) is 12.1 Å². The number of aromatic nitrogens is 2. The van der Waals surface area contributed by atoms with Gasteiger partial charge in [0.2, 0.25) is 5.91 Å². The Hall–Kier alpha value is -3.87. The van der Waals surface area contributed by atoms with Crippen LogP contribution in [0.5, 0.6) is 11.5 Å². The summed E-state index contributed by atoms with van der Waals surface area (Å²) in [5, 5.41) is 8.54. The average Bonchev–Trinajstić information content (AvgIpc) is 3.29. The molecule has 2 atom stereocenters. The summed E-state index contributed by atoms with van der Waals surface area (Å²) >= 11 is 0. The maximum atomic E-state index is 13.4. The molecule has 4 aromatic rings. The van der Waals surface area contributed by atoms with Gasteiger partial charge in [-0.25, -0.2) is 9.07 Å². The van der Waals surface area contributed by atoms with E-state index < -0.39 is 11.5 Å². The number of ether oxygens (including phenoxy) is 2. The van der Waals surface area contributed by atoms with Crippen LogP contribution in [0.3, 0.4) is 0 Å². The lowest BCUT2D eigenvalue weighted by Gasteiger charge is -2.31. The molecule has 36 heavy (non-hydrogen) atoms. The van der Waals surface area contributed by atoms with Crippen LogP contribution in [0.15, 0.2) is 72.9 Å². The monoisotopic (exact) mass is 489 g/mol. The van der Waals surface area contributed by atoms with Crippen molar-refractivity contribution >= 4 is 16.8 Å². The van der Waals surface area contributed by atoms with Crippen molar-refractivity contribution < 1.29 is 18.7 Å². The van der Waals surface area contributed by atoms with Crippen LogP contribution >= 0.6 is 0 Å². The van der Waals surface area contributed by atoms with E-state index in [0.717, 1.165) is 22.2 Å². The molecule has 2 unspecified atom stereocenters. The number of carbonyl (C=O) groups is 1. The van der Waals surface area contributed by atoms with Crippen LogP contribution in [0.25, 0.3) is 16.6 Å². The molecular formula is C29H32FN3O3. The highest BCUT2D eigenvalue weighted by molar-refractivity contribution is 5.82. The normalized spacial score (nSPS) is 13.3. The number of fused-ring (bicyclic) bond motifs is 1. The minimum Gasteiger partial charge on any atom is -0.497 e. The van der Waals surface area contributed by atoms with Gasteiger partial charge in [-0.3, -0.25) is 4.79 Å². The molecule has 0 bridgehead atoms. The fourth-order valence-corrected chi connectivity index (χ4v) is 4.00. The number of halogens is 1. The standard InChI is InChI=1S/C29H32FN3O3/c1-6-25(32-28(34)29(2,3)4)27(19-8-7-9-23(16-19)35-5)36-24-14-15-26-20(17-24)18-31-33(26)22-12-10-21(30)11-13-22/h7-18,25,27H,6H2,1-5H3,(H,32,34). The van der Waals surface area contributed by atoms with Crippen LogP contribution in [0, 0.1) is 11.2 Å². The Bertz CT molecular complexity index is 1340. The second-order valence-corrected chi connectivity index (χ2v) is 9.81. The van der Waals surface area contributed by atoms with Gasteiger partial charge in [0.15, 0.2) is 0 Å². The minimum atomic E-state index is -0.528. The lowest BCUT2D eigenvalue weighted by atomic mass is 9.93. The Balaban J connectivity index is 1.68. The molecule has 0 radical (unpaired) electrons. The van der Waals surface area contributed by atoms with Crippen molar-refractivity contribution in [3.63, 3.8) is 0 Å². The number of nitrogens with zero attached hydrogens (tertiary/aromatic N) is 2. The van der Waals surface area contributed by atoms with Crippen molar-refractivity contribution in [3.05, 3.63) is 84.3 Å². The van der Waals surface area contributed by atoms with Crippen molar-refractivity contribution in [1.82, 2.24) is 15.1 Å². The molecule has 0 aliphatic heterocycles. The lowest BCUT2D eigenvalue weighted by Crippen LogP contribution is -2.45. The second kappa shape index (κ2) is 10.4. The van der Waals surface area contributed by atoms with Crippen molar-refractivity contribution in [3.8, 4) is 17.2 Å². The smallest absolute Gasteiger partial charge is 0.225 e. The summed E-state index contributed by atoms with van der Waals surface area (Å²) < 4.78 is 27.1. The first-order valence-corrected chi connectivity index (χ1v) is 12.0. The highest BCUT2D eigenvalue weighted by Crippen LogP contribution is 2.31. The molecule has 6 nitrogen and oxygen atoms in total. The van der Waals surface area contributed by atoms with Crippen molar-refractivity contribution in [2.75, 3.05) is 7.11 Å². The summed E-state index contributed by atoms with van der Waals surface area (Å²) in [5.41, 5.74) is 2.02. The molecule has 3 aromatic carbocycles. The zero-order valence-corrected chi connectivity index (χ0v) is 21.3. The molecule has 0 saturated carbocycles. The van der Waals surface area contributed by atoms with Crippen LogP contribution in [-0.4, -0.2) is 28.8 Å². The molecule has 1 amide bonds. The first kappa shape index (κ1) is 25.2. The zero-order chi connectivity index (χ0) is 25.9. The molecule has 0 spiro atoms. The Morgan fingerprint density at radius 1 is 1.06 bits per heavy atom. The fraction of sp³-hybridized carbons (Fsp3) is 0.310. The van der Waals surface area contributed by atoms with Gasteiger partial charge >= 0.3 is 0 Å². The van der Waals surface area contributed by atoms with Crippen LogP contribution in [0.1, 0.15) is 45.8 Å². The first-order chi connectivity index (χ1) is 17.2. The van der Waals surface area contributed by atoms with Crippen molar-refractivity contribution in [2.45, 2.75) is 46.3 Å². The number of nitrogens with one attached hydrogen (secondary N) is 1. The number of hydrogen-bond acceptors (Lipinski definition) is 4. The van der Waals surface area contributed by atoms with E-state index in [9.17, 15) is 9.18 Å². The van der Waals surface area contributed by atoms with E-state index in [1.54, 1.807) is 30.1 Å². The third-order valence-electron chi connectivity index (χ3n) is 6.10. The Morgan fingerprint density at radius 3 is 2.47 bits per heavy atom. The van der Waals surface area contributed by atoms with E-state index in [0.29, 0.717) is 17.9 Å². The van der Waals surface area contributed by atoms with E-state index in [-0.39, 0.29) is 17.8 Å². The molecule has 188 valence electrons. The lowest BCUT2D eigenvalue weighted by molar-refractivity contribution is -0.130. The molecule has 1 N–H and O–H groups in total. The first-order valence-electron chi connectivity index (χ1n) is 12.0. The summed E-state index contributed by atoms with van der Waals surface area (Å²) in [6, 6.07) is 19.4. The Labute approximate surface area is 211 Å². The van der Waals surface area contributed by atoms with Crippen LogP contribution in [0.2, 0.25) is 0 Å². The van der Waals surface area contributed by atoms with Gasteiger partial charge in [-0.2, -0.15) is 5.10 Å². The largest absolute Gasteiger partial charge is 0.497 e. The highest BCUT2D eigenvalue weighted by atomic mass is 19.1. The summed E-state index contributed by atoms with van der Waals surface area (Å²) in [6.07, 6.45) is 1.99. The van der Waals surface area contributed by atoms with E-state index in [4.69, 9.17) is 9.47 Å². The van der Waals surface area contributed by atoms with E-state index >= 15 is 0 Å². The average molecular weight is 490 g/mol. The predicted octanol–water partition coefficient (Wildman–Crippen LogP) is 6.23. The molecule has 0 aliphatic carbocycles. The van der Waals surface area contributed by atoms with Gasteiger partial charge < -0.3 is 14.8 Å². The summed E-state index contributed by atoms with van der Waals surface area (Å²) in [4.78, 5) is 12.9. The van der Waals surface area contributed by atoms with Gasteiger partial charge in [-0.05, 0) is 66.6 Å². The minimum absolute atomic E-state index is 0.0399. The number of methoxy groups -OCH3 is 1. The Kier molecular flexibility index (Phi) is 7.29. The van der Waals surface area contributed by atoms with Crippen LogP contribution in [-0.2, 0) is 4.79 Å². The van der Waals surface area contributed by atoms with Gasteiger partial charge in [0.1, 0.15) is 23.4 Å². The van der Waals surface area contributed by atoms with Crippen LogP contribution in [0.4, 0.5) is 4.39 Å². The molecule has 0 fully saturated rings. The molecule has 0 saturated heterocycles. The zero-order valence-electron chi connectivity index (χ0n) is 21.3. The number of amides is 1. The second-order valence-electron chi connectivity index (χ2n) is 9.81. The van der Waals surface area contributed by atoms with E-state index in [1.807, 2.05) is 70.2 Å². The highest BCUT2D eigenvalue weighted by Gasteiger charge is 2.30. The quantitative estimate of drug-likeness (QED) is 0.318. The molecule has 1 aromatic heterocycles. The summed E-state index contributed by atoms with van der Waals surface area (Å²) in [7, 11) is 1.63. The number of carbonyl (C=O) groups excluding carboxylic acids is 1. The third kappa shape index (κ3) is 5.51. The third-order valence-corrected chi connectivity index (χ3v) is 6.10. The SMILES string of the molecule is CCC(NC(=O)C(C)(C)C)C(Oc1ccc2c(cnn2-c2ccc(F)cc2)c1)c1cccc(OC)c1. The molecule has 7 heteroatoms. The van der Waals surface area contributed by atoms with Crippen molar-refractivity contribution in [2.24, 2.45) is 5.41 Å². The van der Waals surface area contributed by atoms with E-state index in [2.05, 4.69) is 10.4 Å². The fourth-order valence-electron chi connectivity index (χ4n) is 4.00. The number of hydrogen-bond donors (Lipinski definition) is 1. The maximum absolute atomic E-state index is 13.4. The number of rotatable bonds is 8. The van der Waals surface area contributed by atoms with Gasteiger partial charge in [-0.15, -0.1) is 0 Å². The van der Waals surface area contributed by atoms with Gasteiger partial charge in [0.25, 0.3) is 0 Å². The maximum Gasteiger partial charge on any atom is 0.225 e.